The van der Waals surface area contributed by atoms with Gasteiger partial charge in [-0.2, -0.15) is 0 Å². The van der Waals surface area contributed by atoms with Crippen LogP contribution in [0.25, 0.3) is 21.3 Å². The van der Waals surface area contributed by atoms with Gasteiger partial charge >= 0.3 is 5.97 Å². The minimum atomic E-state index is -0.973. The number of aromatic carboxylic acids is 1. The lowest BCUT2D eigenvalue weighted by Gasteiger charge is -2.21. The van der Waals surface area contributed by atoms with Crippen LogP contribution < -0.4 is 9.47 Å². The van der Waals surface area contributed by atoms with E-state index in [0.717, 1.165) is 39.3 Å². The van der Waals surface area contributed by atoms with Crippen LogP contribution in [0.3, 0.4) is 0 Å². The number of hydrogen-bond acceptors (Lipinski definition) is 6. The SMILES string of the molecule is CCN(CC)Cc1nc2sc(C)c(C)c2c(-c2ccc(OC)c(OC)c2)c1C(=O)O. The lowest BCUT2D eigenvalue weighted by molar-refractivity contribution is 0.0695. The van der Waals surface area contributed by atoms with Crippen LogP contribution in [0.15, 0.2) is 18.2 Å². The fraction of sp³-hybridized carbons (Fsp3) is 0.391. The van der Waals surface area contributed by atoms with Gasteiger partial charge in [-0.15, -0.1) is 11.3 Å². The standard InChI is InChI=1S/C23H28N2O4S/c1-7-25(8-2)12-16-21(23(26)27)20(19-13(3)14(4)30-22(19)24-16)15-9-10-17(28-5)18(11-15)29-6/h9-11H,7-8,12H2,1-6H3,(H,26,27). The molecule has 2 heterocycles. The number of nitrogens with zero attached hydrogens (tertiary/aromatic N) is 2. The molecule has 0 aliphatic rings. The molecule has 6 nitrogen and oxygen atoms in total. The first kappa shape index (κ1) is 22.1. The van der Waals surface area contributed by atoms with Gasteiger partial charge in [0.05, 0.1) is 25.5 Å². The molecule has 3 rings (SSSR count). The highest BCUT2D eigenvalue weighted by Gasteiger charge is 2.26. The molecule has 7 heteroatoms. The Morgan fingerprint density at radius 1 is 1.13 bits per heavy atom. The summed E-state index contributed by atoms with van der Waals surface area (Å²) >= 11 is 1.60. The Labute approximate surface area is 181 Å². The maximum absolute atomic E-state index is 12.5. The van der Waals surface area contributed by atoms with E-state index in [-0.39, 0.29) is 5.56 Å². The number of aryl methyl sites for hydroxylation is 2. The number of pyridine rings is 1. The number of ether oxygens (including phenoxy) is 2. The van der Waals surface area contributed by atoms with Crippen molar-refractivity contribution in [2.75, 3.05) is 27.3 Å². The normalized spacial score (nSPS) is 11.3. The quantitative estimate of drug-likeness (QED) is 0.536. The first-order chi connectivity index (χ1) is 14.4. The molecular formula is C23H28N2O4S. The van der Waals surface area contributed by atoms with Gasteiger partial charge in [0.2, 0.25) is 0 Å². The molecule has 2 aromatic heterocycles. The van der Waals surface area contributed by atoms with E-state index in [2.05, 4.69) is 18.7 Å². The molecule has 0 saturated heterocycles. The van der Waals surface area contributed by atoms with Gasteiger partial charge in [0.15, 0.2) is 11.5 Å². The lowest BCUT2D eigenvalue weighted by atomic mass is 9.93. The van der Waals surface area contributed by atoms with Crippen molar-refractivity contribution in [3.63, 3.8) is 0 Å². The average Bonchev–Trinajstić information content (AvgIpc) is 3.03. The highest BCUT2D eigenvalue weighted by atomic mass is 32.1. The molecule has 0 atom stereocenters. The largest absolute Gasteiger partial charge is 0.493 e. The highest BCUT2D eigenvalue weighted by Crippen LogP contribution is 2.42. The first-order valence-corrected chi connectivity index (χ1v) is 10.8. The van der Waals surface area contributed by atoms with Crippen LogP contribution in [0, 0.1) is 13.8 Å². The average molecular weight is 429 g/mol. The topological polar surface area (TPSA) is 71.9 Å². The number of rotatable bonds is 8. The third-order valence-corrected chi connectivity index (χ3v) is 6.65. The maximum Gasteiger partial charge on any atom is 0.338 e. The van der Waals surface area contributed by atoms with Crippen molar-refractivity contribution >= 4 is 27.5 Å². The van der Waals surface area contributed by atoms with Gasteiger partial charge in [-0.3, -0.25) is 4.90 Å². The van der Waals surface area contributed by atoms with E-state index in [4.69, 9.17) is 14.5 Å². The number of aromatic nitrogens is 1. The van der Waals surface area contributed by atoms with Crippen LogP contribution in [-0.2, 0) is 6.54 Å². The zero-order chi connectivity index (χ0) is 22.0. The number of benzene rings is 1. The second kappa shape index (κ2) is 9.02. The van der Waals surface area contributed by atoms with Gasteiger partial charge in [-0.05, 0) is 50.2 Å². The number of methoxy groups -OCH3 is 2. The lowest BCUT2D eigenvalue weighted by Crippen LogP contribution is -2.24. The summed E-state index contributed by atoms with van der Waals surface area (Å²) in [6.07, 6.45) is 0. The van der Waals surface area contributed by atoms with Crippen molar-refractivity contribution in [3.05, 3.63) is 39.9 Å². The third-order valence-electron chi connectivity index (χ3n) is 5.55. The number of fused-ring (bicyclic) bond motifs is 1. The van der Waals surface area contributed by atoms with E-state index < -0.39 is 5.97 Å². The van der Waals surface area contributed by atoms with Gasteiger partial charge in [0.1, 0.15) is 4.83 Å². The smallest absolute Gasteiger partial charge is 0.338 e. The number of carboxylic acid groups (broad SMARTS) is 1. The molecule has 0 unspecified atom stereocenters. The van der Waals surface area contributed by atoms with Gasteiger partial charge in [0.25, 0.3) is 0 Å². The summed E-state index contributed by atoms with van der Waals surface area (Å²) in [4.78, 5) is 21.5. The Morgan fingerprint density at radius 3 is 2.37 bits per heavy atom. The minimum Gasteiger partial charge on any atom is -0.493 e. The van der Waals surface area contributed by atoms with E-state index in [1.807, 2.05) is 32.0 Å². The Balaban J connectivity index is 2.40. The van der Waals surface area contributed by atoms with Gasteiger partial charge in [-0.1, -0.05) is 19.9 Å². The van der Waals surface area contributed by atoms with Crippen LogP contribution in [-0.4, -0.2) is 48.3 Å². The molecule has 0 amide bonds. The summed E-state index contributed by atoms with van der Waals surface area (Å²) in [6, 6.07) is 5.54. The molecule has 1 N–H and O–H groups in total. The van der Waals surface area contributed by atoms with Crippen molar-refractivity contribution < 1.29 is 19.4 Å². The molecule has 0 aliphatic carbocycles. The number of carbonyl (C=O) groups is 1. The number of carboxylic acids is 1. The summed E-state index contributed by atoms with van der Waals surface area (Å²) in [5.41, 5.74) is 3.37. The third kappa shape index (κ3) is 3.87. The first-order valence-electron chi connectivity index (χ1n) is 9.96. The molecule has 0 bridgehead atoms. The van der Waals surface area contributed by atoms with E-state index in [9.17, 15) is 9.90 Å². The number of hydrogen-bond donors (Lipinski definition) is 1. The molecule has 0 aliphatic heterocycles. The molecular weight excluding hydrogens is 400 g/mol. The van der Waals surface area contributed by atoms with Gasteiger partial charge < -0.3 is 14.6 Å². The monoisotopic (exact) mass is 428 g/mol. The summed E-state index contributed by atoms with van der Waals surface area (Å²) in [5.74, 6) is 0.191. The fourth-order valence-corrected chi connectivity index (χ4v) is 4.77. The Bertz CT molecular complexity index is 1090. The second-order valence-corrected chi connectivity index (χ2v) is 8.31. The summed E-state index contributed by atoms with van der Waals surface area (Å²) < 4.78 is 10.8. The summed E-state index contributed by atoms with van der Waals surface area (Å²) in [7, 11) is 3.16. The summed E-state index contributed by atoms with van der Waals surface area (Å²) in [5, 5.41) is 11.1. The molecule has 30 heavy (non-hydrogen) atoms. The van der Waals surface area contributed by atoms with Crippen molar-refractivity contribution in [1.29, 1.82) is 0 Å². The molecule has 0 radical (unpaired) electrons. The Morgan fingerprint density at radius 2 is 1.80 bits per heavy atom. The van der Waals surface area contributed by atoms with Crippen molar-refractivity contribution in [2.45, 2.75) is 34.2 Å². The molecule has 1 aromatic carbocycles. The Kier molecular flexibility index (Phi) is 6.63. The van der Waals surface area contributed by atoms with Crippen LogP contribution >= 0.6 is 11.3 Å². The zero-order valence-electron chi connectivity index (χ0n) is 18.3. The second-order valence-electron chi connectivity index (χ2n) is 7.11. The molecule has 3 aromatic rings. The van der Waals surface area contributed by atoms with Crippen LogP contribution in [0.2, 0.25) is 0 Å². The van der Waals surface area contributed by atoms with Crippen molar-refractivity contribution in [2.24, 2.45) is 0 Å². The van der Waals surface area contributed by atoms with Crippen LogP contribution in [0.1, 0.15) is 40.3 Å². The molecule has 160 valence electrons. The predicted octanol–water partition coefficient (Wildman–Crippen LogP) is 5.14. The van der Waals surface area contributed by atoms with E-state index in [1.54, 1.807) is 25.6 Å². The fourth-order valence-electron chi connectivity index (χ4n) is 3.71. The van der Waals surface area contributed by atoms with E-state index in [1.165, 1.54) is 0 Å². The van der Waals surface area contributed by atoms with Crippen molar-refractivity contribution in [3.8, 4) is 22.6 Å². The van der Waals surface area contributed by atoms with Crippen LogP contribution in [0.5, 0.6) is 11.5 Å². The maximum atomic E-state index is 12.5. The van der Waals surface area contributed by atoms with Crippen molar-refractivity contribution in [1.82, 2.24) is 9.88 Å². The van der Waals surface area contributed by atoms with Crippen LogP contribution in [0.4, 0.5) is 0 Å². The van der Waals surface area contributed by atoms with Gasteiger partial charge in [0, 0.05) is 22.4 Å². The Hall–Kier alpha value is -2.64. The molecule has 0 saturated carbocycles. The molecule has 0 fully saturated rings. The van der Waals surface area contributed by atoms with Gasteiger partial charge in [-0.25, -0.2) is 9.78 Å². The summed E-state index contributed by atoms with van der Waals surface area (Å²) in [6.45, 7) is 10.3. The van der Waals surface area contributed by atoms with E-state index >= 15 is 0 Å². The highest BCUT2D eigenvalue weighted by molar-refractivity contribution is 7.18. The predicted molar refractivity (Wildman–Crippen MR) is 121 cm³/mol. The van der Waals surface area contributed by atoms with E-state index in [0.29, 0.717) is 29.3 Å². The molecule has 0 spiro atoms. The number of thiophene rings is 1. The minimum absolute atomic E-state index is 0.252. The zero-order valence-corrected chi connectivity index (χ0v) is 19.1.